The second-order valence-electron chi connectivity index (χ2n) is 4.97. The van der Waals surface area contributed by atoms with Crippen LogP contribution in [0.15, 0.2) is 23.2 Å². The van der Waals surface area contributed by atoms with Gasteiger partial charge in [-0.2, -0.15) is 4.73 Å². The Kier molecular flexibility index (Phi) is 5.02. The molecule has 1 aromatic heterocycles. The Morgan fingerprint density at radius 2 is 2.17 bits per heavy atom. The number of aromatic nitrogens is 1. The first kappa shape index (κ1) is 14.8. The van der Waals surface area contributed by atoms with E-state index in [-0.39, 0.29) is 12.4 Å². The van der Waals surface area contributed by atoms with Crippen molar-refractivity contribution in [2.24, 2.45) is 0 Å². The highest BCUT2D eigenvalue weighted by atomic mass is 32.2. The van der Waals surface area contributed by atoms with E-state index in [0.717, 1.165) is 9.63 Å². The first-order chi connectivity index (χ1) is 8.31. The van der Waals surface area contributed by atoms with Crippen LogP contribution in [0.4, 0.5) is 0 Å². The maximum absolute atomic E-state index is 11.6. The van der Waals surface area contributed by atoms with Gasteiger partial charge in [-0.3, -0.25) is 4.79 Å². The molecular formula is C13H19NO3S. The van der Waals surface area contributed by atoms with Crippen molar-refractivity contribution >= 4 is 17.7 Å². The number of carbonyl (C=O) groups excluding carboxylic acids is 1. The van der Waals surface area contributed by atoms with Gasteiger partial charge in [0.25, 0.3) is 0 Å². The van der Waals surface area contributed by atoms with Crippen LogP contribution >= 0.6 is 11.8 Å². The first-order valence-electron chi connectivity index (χ1n) is 5.80. The summed E-state index contributed by atoms with van der Waals surface area (Å²) in [6, 6.07) is 3.57. The molecule has 0 aliphatic carbocycles. The van der Waals surface area contributed by atoms with E-state index in [0.29, 0.717) is 12.1 Å². The molecule has 100 valence electrons. The largest absolute Gasteiger partial charge is 0.619 e. The highest BCUT2D eigenvalue weighted by molar-refractivity contribution is 7.98. The molecule has 1 heterocycles. The molecule has 4 nitrogen and oxygen atoms in total. The Hall–Kier alpha value is -1.23. The summed E-state index contributed by atoms with van der Waals surface area (Å²) in [5, 5.41) is 11.5. The maximum atomic E-state index is 11.6. The molecule has 0 amide bonds. The van der Waals surface area contributed by atoms with Gasteiger partial charge in [0.15, 0.2) is 11.9 Å². The topological polar surface area (TPSA) is 53.2 Å². The van der Waals surface area contributed by atoms with E-state index in [2.05, 4.69) is 0 Å². The van der Waals surface area contributed by atoms with Gasteiger partial charge in [-0.15, -0.1) is 11.8 Å². The number of carbonyl (C=O) groups is 1. The van der Waals surface area contributed by atoms with E-state index in [1.807, 2.05) is 33.1 Å². The third-order valence-corrected chi connectivity index (χ3v) is 2.93. The van der Waals surface area contributed by atoms with Crippen molar-refractivity contribution in [1.82, 2.24) is 0 Å². The van der Waals surface area contributed by atoms with Gasteiger partial charge >= 0.3 is 5.97 Å². The number of nitrogens with zero attached hydrogens (tertiary/aromatic N) is 1. The highest BCUT2D eigenvalue weighted by Crippen LogP contribution is 2.15. The monoisotopic (exact) mass is 269 g/mol. The molecule has 0 bridgehead atoms. The second kappa shape index (κ2) is 6.09. The lowest BCUT2D eigenvalue weighted by Crippen LogP contribution is -2.32. The number of thioether (sulfide) groups is 1. The SMILES string of the molecule is CSc1cc[n+]([O-])c(CCC(=O)OC(C)(C)C)c1. The third kappa shape index (κ3) is 4.96. The Balaban J connectivity index is 2.60. The minimum Gasteiger partial charge on any atom is -0.619 e. The van der Waals surface area contributed by atoms with Crippen LogP contribution in [0.3, 0.4) is 0 Å². The molecule has 0 atom stereocenters. The number of pyridine rings is 1. The molecule has 0 aliphatic rings. The van der Waals surface area contributed by atoms with E-state index in [1.54, 1.807) is 17.8 Å². The molecule has 0 saturated carbocycles. The first-order valence-corrected chi connectivity index (χ1v) is 7.02. The Labute approximate surface area is 112 Å². The van der Waals surface area contributed by atoms with Crippen molar-refractivity contribution in [1.29, 1.82) is 0 Å². The van der Waals surface area contributed by atoms with E-state index in [4.69, 9.17) is 4.74 Å². The quantitative estimate of drug-likeness (QED) is 0.364. The molecule has 1 aromatic rings. The lowest BCUT2D eigenvalue weighted by molar-refractivity contribution is -0.614. The van der Waals surface area contributed by atoms with E-state index < -0.39 is 5.60 Å². The van der Waals surface area contributed by atoms with Crippen molar-refractivity contribution in [2.75, 3.05) is 6.26 Å². The Morgan fingerprint density at radius 3 is 2.72 bits per heavy atom. The molecule has 0 N–H and O–H groups in total. The maximum Gasteiger partial charge on any atom is 0.306 e. The van der Waals surface area contributed by atoms with Gasteiger partial charge in [-0.25, -0.2) is 0 Å². The Bertz CT molecular complexity index is 427. The van der Waals surface area contributed by atoms with E-state index in [9.17, 15) is 10.0 Å². The van der Waals surface area contributed by atoms with Gasteiger partial charge in [0.05, 0.1) is 6.42 Å². The molecule has 0 radical (unpaired) electrons. The van der Waals surface area contributed by atoms with Gasteiger partial charge in [-0.05, 0) is 27.0 Å². The molecule has 0 spiro atoms. The number of hydrogen-bond acceptors (Lipinski definition) is 4. The van der Waals surface area contributed by atoms with Crippen LogP contribution in [0.1, 0.15) is 32.9 Å². The van der Waals surface area contributed by atoms with Crippen LogP contribution in [-0.2, 0) is 16.0 Å². The lowest BCUT2D eigenvalue weighted by atomic mass is 10.2. The molecule has 0 saturated heterocycles. The smallest absolute Gasteiger partial charge is 0.306 e. The zero-order chi connectivity index (χ0) is 13.8. The minimum absolute atomic E-state index is 0.220. The van der Waals surface area contributed by atoms with Gasteiger partial charge in [0.1, 0.15) is 5.60 Å². The van der Waals surface area contributed by atoms with Crippen LogP contribution in [0, 0.1) is 5.21 Å². The molecule has 0 unspecified atom stereocenters. The molecule has 18 heavy (non-hydrogen) atoms. The van der Waals surface area contributed by atoms with Crippen molar-refractivity contribution in [3.8, 4) is 0 Å². The average Bonchev–Trinajstić information content (AvgIpc) is 2.25. The predicted molar refractivity (Wildman–Crippen MR) is 71.3 cm³/mol. The molecule has 0 fully saturated rings. The summed E-state index contributed by atoms with van der Waals surface area (Å²) in [4.78, 5) is 12.6. The lowest BCUT2D eigenvalue weighted by Gasteiger charge is -2.19. The molecular weight excluding hydrogens is 250 g/mol. The summed E-state index contributed by atoms with van der Waals surface area (Å²) in [6.07, 6.45) is 4.03. The summed E-state index contributed by atoms with van der Waals surface area (Å²) in [7, 11) is 0. The van der Waals surface area contributed by atoms with Crippen LogP contribution in [0.2, 0.25) is 0 Å². The van der Waals surface area contributed by atoms with Gasteiger partial charge in [0.2, 0.25) is 0 Å². The van der Waals surface area contributed by atoms with Gasteiger partial charge in [-0.1, -0.05) is 0 Å². The Morgan fingerprint density at radius 1 is 1.50 bits per heavy atom. The van der Waals surface area contributed by atoms with Crippen LogP contribution in [0.5, 0.6) is 0 Å². The fraction of sp³-hybridized carbons (Fsp3) is 0.538. The molecule has 1 rings (SSSR count). The standard InChI is InChI=1S/C13H19NO3S/c1-13(2,3)17-12(15)6-5-10-9-11(18-4)7-8-14(10)16/h7-9H,5-6H2,1-4H3. The number of ether oxygens (including phenoxy) is 1. The van der Waals surface area contributed by atoms with Crippen molar-refractivity contribution in [3.63, 3.8) is 0 Å². The fourth-order valence-electron chi connectivity index (χ4n) is 1.44. The van der Waals surface area contributed by atoms with Crippen LogP contribution < -0.4 is 4.73 Å². The summed E-state index contributed by atoms with van der Waals surface area (Å²) >= 11 is 1.57. The fourth-order valence-corrected chi connectivity index (χ4v) is 1.90. The van der Waals surface area contributed by atoms with Crippen molar-refractivity contribution < 1.29 is 14.3 Å². The molecule has 0 aliphatic heterocycles. The zero-order valence-corrected chi connectivity index (χ0v) is 12.0. The summed E-state index contributed by atoms with van der Waals surface area (Å²) in [5.41, 5.74) is 0.110. The minimum atomic E-state index is -0.481. The number of rotatable bonds is 4. The zero-order valence-electron chi connectivity index (χ0n) is 11.2. The van der Waals surface area contributed by atoms with E-state index in [1.165, 1.54) is 6.20 Å². The third-order valence-electron chi connectivity index (χ3n) is 2.21. The summed E-state index contributed by atoms with van der Waals surface area (Å²) < 4.78 is 6.00. The normalized spacial score (nSPS) is 11.3. The summed E-state index contributed by atoms with van der Waals surface area (Å²) in [5.74, 6) is -0.281. The average molecular weight is 269 g/mol. The summed E-state index contributed by atoms with van der Waals surface area (Å²) in [6.45, 7) is 5.48. The molecule has 0 aromatic carbocycles. The van der Waals surface area contributed by atoms with E-state index >= 15 is 0 Å². The molecule has 5 heteroatoms. The number of hydrogen-bond donors (Lipinski definition) is 0. The number of esters is 1. The number of aryl methyl sites for hydroxylation is 1. The van der Waals surface area contributed by atoms with Crippen molar-refractivity contribution in [2.45, 2.75) is 44.1 Å². The van der Waals surface area contributed by atoms with Gasteiger partial charge in [0, 0.05) is 23.4 Å². The van der Waals surface area contributed by atoms with Gasteiger partial charge < -0.3 is 9.94 Å². The van der Waals surface area contributed by atoms with Crippen molar-refractivity contribution in [3.05, 3.63) is 29.2 Å². The van der Waals surface area contributed by atoms with Crippen LogP contribution in [0.25, 0.3) is 0 Å². The second-order valence-corrected chi connectivity index (χ2v) is 5.85. The predicted octanol–water partition coefficient (Wildman–Crippen LogP) is 2.32. The van der Waals surface area contributed by atoms with Crippen LogP contribution in [-0.4, -0.2) is 17.8 Å². The highest BCUT2D eigenvalue weighted by Gasteiger charge is 2.17.